The van der Waals surface area contributed by atoms with E-state index in [9.17, 15) is 9.90 Å². The second-order valence-electron chi connectivity index (χ2n) is 3.28. The van der Waals surface area contributed by atoms with Gasteiger partial charge in [-0.2, -0.15) is 0 Å². The predicted molar refractivity (Wildman–Crippen MR) is 63.9 cm³/mol. The zero-order valence-corrected chi connectivity index (χ0v) is 9.43. The summed E-state index contributed by atoms with van der Waals surface area (Å²) in [5, 5.41) is 12.9. The van der Waals surface area contributed by atoms with Gasteiger partial charge in [-0.3, -0.25) is 4.90 Å². The molecular weight excluding hydrogens is 204 g/mol. The van der Waals surface area contributed by atoms with Gasteiger partial charge in [0.2, 0.25) is 0 Å². The lowest BCUT2D eigenvalue weighted by molar-refractivity contribution is 0.233. The standard InChI is InChI=1S/C12H15N2O2/c1-13-12(16)14(2)11-7-3-5-10(9-11)6-4-8-15/h3-7,9H,8H2,1-2H3,(H,13,16). The highest BCUT2D eigenvalue weighted by atomic mass is 16.2. The van der Waals surface area contributed by atoms with Crippen LogP contribution in [0.4, 0.5) is 10.5 Å². The molecule has 0 unspecified atom stereocenters. The van der Waals surface area contributed by atoms with Gasteiger partial charge in [0, 0.05) is 19.8 Å². The fraction of sp³-hybridized carbons (Fsp3) is 0.250. The molecule has 4 heteroatoms. The van der Waals surface area contributed by atoms with E-state index in [1.54, 1.807) is 26.2 Å². The summed E-state index contributed by atoms with van der Waals surface area (Å²) in [6.07, 6.45) is 3.28. The average Bonchev–Trinajstić information content (AvgIpc) is 2.34. The van der Waals surface area contributed by atoms with Gasteiger partial charge in [0.05, 0.1) is 0 Å². The molecule has 2 amide bonds. The van der Waals surface area contributed by atoms with Gasteiger partial charge < -0.3 is 5.32 Å². The predicted octanol–water partition coefficient (Wildman–Crippen LogP) is 1.91. The third-order valence-electron chi connectivity index (χ3n) is 2.18. The van der Waals surface area contributed by atoms with Crippen molar-refractivity contribution >= 4 is 17.8 Å². The molecule has 0 aromatic heterocycles. The molecule has 4 nitrogen and oxygen atoms in total. The molecule has 1 radical (unpaired) electrons. The number of urea groups is 1. The molecule has 0 saturated heterocycles. The summed E-state index contributed by atoms with van der Waals surface area (Å²) in [5.41, 5.74) is 1.69. The summed E-state index contributed by atoms with van der Waals surface area (Å²) in [6, 6.07) is 7.24. The maximum atomic E-state index is 11.4. The van der Waals surface area contributed by atoms with Crippen LogP contribution in [-0.2, 0) is 5.11 Å². The Morgan fingerprint density at radius 2 is 2.25 bits per heavy atom. The number of carbonyl (C=O) groups excluding carboxylic acids is 1. The number of anilines is 1. The van der Waals surface area contributed by atoms with Crippen LogP contribution in [0.1, 0.15) is 5.56 Å². The molecule has 0 saturated carbocycles. The summed E-state index contributed by atoms with van der Waals surface area (Å²) in [6.45, 7) is -0.241. The molecule has 85 valence electrons. The summed E-state index contributed by atoms with van der Waals surface area (Å²) >= 11 is 0. The average molecular weight is 219 g/mol. The van der Waals surface area contributed by atoms with Crippen molar-refractivity contribution < 1.29 is 9.90 Å². The number of carbonyl (C=O) groups is 1. The van der Waals surface area contributed by atoms with E-state index in [2.05, 4.69) is 5.32 Å². The number of amides is 2. The largest absolute Gasteiger partial charge is 0.341 e. The van der Waals surface area contributed by atoms with Gasteiger partial charge >= 0.3 is 6.03 Å². The van der Waals surface area contributed by atoms with Crippen LogP contribution in [0.3, 0.4) is 0 Å². The highest BCUT2D eigenvalue weighted by Gasteiger charge is 2.07. The molecule has 1 aromatic rings. The van der Waals surface area contributed by atoms with Crippen molar-refractivity contribution in [3.05, 3.63) is 35.9 Å². The topological polar surface area (TPSA) is 52.2 Å². The van der Waals surface area contributed by atoms with Crippen LogP contribution in [0.15, 0.2) is 30.3 Å². The van der Waals surface area contributed by atoms with Gasteiger partial charge in [-0.05, 0) is 17.7 Å². The van der Waals surface area contributed by atoms with E-state index in [0.29, 0.717) is 0 Å². The van der Waals surface area contributed by atoms with Crippen molar-refractivity contribution in [3.8, 4) is 0 Å². The summed E-state index contributed by atoms with van der Waals surface area (Å²) in [4.78, 5) is 12.9. The Bertz CT molecular complexity index is 388. The van der Waals surface area contributed by atoms with E-state index in [-0.39, 0.29) is 12.6 Å². The first-order valence-electron chi connectivity index (χ1n) is 4.99. The lowest BCUT2D eigenvalue weighted by Gasteiger charge is -2.16. The smallest absolute Gasteiger partial charge is 0.321 e. The number of hydrogen-bond acceptors (Lipinski definition) is 1. The monoisotopic (exact) mass is 219 g/mol. The van der Waals surface area contributed by atoms with Crippen molar-refractivity contribution in [2.45, 2.75) is 0 Å². The zero-order valence-electron chi connectivity index (χ0n) is 9.43. The Hall–Kier alpha value is -1.81. The maximum absolute atomic E-state index is 11.4. The lowest BCUT2D eigenvalue weighted by Crippen LogP contribution is -2.34. The van der Waals surface area contributed by atoms with Crippen LogP contribution < -0.4 is 10.2 Å². The number of benzene rings is 1. The Balaban J connectivity index is 2.89. The summed E-state index contributed by atoms with van der Waals surface area (Å²) in [7, 11) is 3.27. The quantitative estimate of drug-likeness (QED) is 0.829. The molecule has 0 heterocycles. The van der Waals surface area contributed by atoms with E-state index in [0.717, 1.165) is 11.3 Å². The molecular formula is C12H15N2O2. The van der Waals surface area contributed by atoms with Gasteiger partial charge in [-0.25, -0.2) is 9.90 Å². The first kappa shape index (κ1) is 12.3. The molecule has 0 bridgehead atoms. The highest BCUT2D eigenvalue weighted by molar-refractivity contribution is 5.91. The molecule has 0 aliphatic heterocycles. The third kappa shape index (κ3) is 3.10. The number of nitrogens with one attached hydrogen (secondary N) is 1. The fourth-order valence-corrected chi connectivity index (χ4v) is 1.31. The van der Waals surface area contributed by atoms with Gasteiger partial charge in [0.1, 0.15) is 6.61 Å². The molecule has 1 N–H and O–H groups in total. The van der Waals surface area contributed by atoms with E-state index >= 15 is 0 Å². The fourth-order valence-electron chi connectivity index (χ4n) is 1.31. The van der Waals surface area contributed by atoms with Crippen molar-refractivity contribution in [2.24, 2.45) is 0 Å². The van der Waals surface area contributed by atoms with Crippen LogP contribution in [0.5, 0.6) is 0 Å². The van der Waals surface area contributed by atoms with Crippen molar-refractivity contribution in [3.63, 3.8) is 0 Å². The summed E-state index contributed by atoms with van der Waals surface area (Å²) < 4.78 is 0. The van der Waals surface area contributed by atoms with E-state index in [1.165, 1.54) is 4.90 Å². The van der Waals surface area contributed by atoms with Crippen LogP contribution in [-0.4, -0.2) is 26.7 Å². The van der Waals surface area contributed by atoms with E-state index in [4.69, 9.17) is 0 Å². The van der Waals surface area contributed by atoms with Crippen LogP contribution in [0.2, 0.25) is 0 Å². The second-order valence-corrected chi connectivity index (χ2v) is 3.28. The number of nitrogens with zero attached hydrogens (tertiary/aromatic N) is 1. The maximum Gasteiger partial charge on any atom is 0.321 e. The van der Waals surface area contributed by atoms with Crippen molar-refractivity contribution in [1.29, 1.82) is 0 Å². The Morgan fingerprint density at radius 1 is 1.50 bits per heavy atom. The lowest BCUT2D eigenvalue weighted by atomic mass is 10.2. The summed E-state index contributed by atoms with van der Waals surface area (Å²) in [5.74, 6) is 0. The van der Waals surface area contributed by atoms with Gasteiger partial charge in [0.15, 0.2) is 0 Å². The second kappa shape index (κ2) is 5.92. The number of hydrogen-bond donors (Lipinski definition) is 1. The molecule has 1 rings (SSSR count). The Labute approximate surface area is 95.2 Å². The minimum atomic E-state index is -0.241. The van der Waals surface area contributed by atoms with Crippen LogP contribution in [0.25, 0.3) is 6.08 Å². The Morgan fingerprint density at radius 3 is 2.88 bits per heavy atom. The van der Waals surface area contributed by atoms with Crippen molar-refractivity contribution in [2.75, 3.05) is 25.6 Å². The molecule has 0 aliphatic rings. The van der Waals surface area contributed by atoms with Crippen LogP contribution >= 0.6 is 0 Å². The zero-order chi connectivity index (χ0) is 12.0. The van der Waals surface area contributed by atoms with Gasteiger partial charge in [0.25, 0.3) is 0 Å². The third-order valence-corrected chi connectivity index (χ3v) is 2.18. The normalized spacial score (nSPS) is 10.4. The van der Waals surface area contributed by atoms with Gasteiger partial charge in [-0.1, -0.05) is 24.3 Å². The SMILES string of the molecule is CNC(=O)N(C)c1cccc(C=CC[O])c1. The molecule has 0 atom stereocenters. The molecule has 0 fully saturated rings. The number of rotatable bonds is 3. The van der Waals surface area contributed by atoms with E-state index < -0.39 is 0 Å². The van der Waals surface area contributed by atoms with Crippen molar-refractivity contribution in [1.82, 2.24) is 5.32 Å². The first-order valence-corrected chi connectivity index (χ1v) is 4.99. The molecule has 1 aromatic carbocycles. The van der Waals surface area contributed by atoms with E-state index in [1.807, 2.05) is 24.3 Å². The minimum absolute atomic E-state index is 0.176. The van der Waals surface area contributed by atoms with Gasteiger partial charge in [-0.15, -0.1) is 0 Å². The van der Waals surface area contributed by atoms with Crippen LogP contribution in [0, 0.1) is 0 Å². The molecule has 0 aliphatic carbocycles. The first-order chi connectivity index (χ1) is 7.69. The highest BCUT2D eigenvalue weighted by Crippen LogP contribution is 2.15. The Kier molecular flexibility index (Phi) is 4.54. The minimum Gasteiger partial charge on any atom is -0.341 e. The molecule has 0 spiro atoms. The molecule has 16 heavy (non-hydrogen) atoms.